The van der Waals surface area contributed by atoms with Gasteiger partial charge in [0.2, 0.25) is 5.91 Å². The van der Waals surface area contributed by atoms with Gasteiger partial charge in [0.1, 0.15) is 12.0 Å². The lowest BCUT2D eigenvalue weighted by molar-refractivity contribution is -0.114. The molecule has 0 bridgehead atoms. The Hall–Kier alpha value is -2.91. The first-order chi connectivity index (χ1) is 13.1. The maximum absolute atomic E-state index is 11.1. The Labute approximate surface area is 158 Å². The van der Waals surface area contributed by atoms with Crippen LogP contribution in [0.4, 0.5) is 28.7 Å². The van der Waals surface area contributed by atoms with Gasteiger partial charge in [-0.2, -0.15) is 0 Å². The van der Waals surface area contributed by atoms with Gasteiger partial charge in [-0.05, 0) is 24.3 Å². The first-order valence-corrected chi connectivity index (χ1v) is 8.91. The third-order valence-electron chi connectivity index (χ3n) is 4.18. The third kappa shape index (κ3) is 5.53. The zero-order valence-electron chi connectivity index (χ0n) is 15.4. The normalized spacial score (nSPS) is 14.6. The Morgan fingerprint density at radius 2 is 1.81 bits per heavy atom. The smallest absolute Gasteiger partial charge is 0.221 e. The van der Waals surface area contributed by atoms with Crippen LogP contribution in [0.1, 0.15) is 6.92 Å². The Morgan fingerprint density at radius 3 is 2.52 bits per heavy atom. The SMILES string of the molecule is CC(=O)Nc1ccc(Nc2ncnc(NCCN3CCOCC3)c2N)cc1. The molecule has 3 rings (SSSR count). The third-order valence-corrected chi connectivity index (χ3v) is 4.18. The Kier molecular flexibility index (Phi) is 6.39. The van der Waals surface area contributed by atoms with E-state index in [4.69, 9.17) is 10.5 Å². The van der Waals surface area contributed by atoms with Crippen molar-refractivity contribution >= 4 is 34.6 Å². The van der Waals surface area contributed by atoms with E-state index in [0.717, 1.165) is 50.8 Å². The summed E-state index contributed by atoms with van der Waals surface area (Å²) in [7, 11) is 0. The van der Waals surface area contributed by atoms with E-state index in [-0.39, 0.29) is 5.91 Å². The molecule has 1 fully saturated rings. The van der Waals surface area contributed by atoms with E-state index < -0.39 is 0 Å². The fourth-order valence-corrected chi connectivity index (χ4v) is 2.77. The predicted molar refractivity (Wildman–Crippen MR) is 106 cm³/mol. The van der Waals surface area contributed by atoms with Crippen LogP contribution in [-0.4, -0.2) is 60.2 Å². The van der Waals surface area contributed by atoms with Gasteiger partial charge in [-0.15, -0.1) is 0 Å². The molecule has 0 saturated carbocycles. The molecule has 1 aliphatic heterocycles. The number of ether oxygens (including phenoxy) is 1. The number of carbonyl (C=O) groups excluding carboxylic acids is 1. The van der Waals surface area contributed by atoms with Gasteiger partial charge in [-0.25, -0.2) is 9.97 Å². The number of nitrogen functional groups attached to an aromatic ring is 1. The maximum Gasteiger partial charge on any atom is 0.221 e. The van der Waals surface area contributed by atoms with E-state index in [1.54, 1.807) is 0 Å². The standard InChI is InChI=1S/C18H25N7O2/c1-13(26)23-14-2-4-15(5-3-14)24-18-16(19)17(21-12-22-18)20-6-7-25-8-10-27-11-9-25/h2-5,12H,6-11,19H2,1H3,(H,23,26)(H2,20,21,22,24). The van der Waals surface area contributed by atoms with Crippen molar-refractivity contribution in [1.29, 1.82) is 0 Å². The summed E-state index contributed by atoms with van der Waals surface area (Å²) in [5.74, 6) is 1.03. The second kappa shape index (κ2) is 9.15. The number of anilines is 5. The molecule has 2 heterocycles. The zero-order valence-corrected chi connectivity index (χ0v) is 15.4. The average Bonchev–Trinajstić information content (AvgIpc) is 2.67. The highest BCUT2D eigenvalue weighted by Crippen LogP contribution is 2.26. The van der Waals surface area contributed by atoms with E-state index in [2.05, 4.69) is 30.8 Å². The van der Waals surface area contributed by atoms with Crippen LogP contribution in [0.5, 0.6) is 0 Å². The number of rotatable bonds is 7. The summed E-state index contributed by atoms with van der Waals surface area (Å²) >= 11 is 0. The van der Waals surface area contributed by atoms with Crippen LogP contribution < -0.4 is 21.7 Å². The minimum atomic E-state index is -0.108. The van der Waals surface area contributed by atoms with E-state index in [9.17, 15) is 4.79 Å². The van der Waals surface area contributed by atoms with Gasteiger partial charge >= 0.3 is 0 Å². The highest BCUT2D eigenvalue weighted by molar-refractivity contribution is 5.89. The molecule has 5 N–H and O–H groups in total. The second-order valence-corrected chi connectivity index (χ2v) is 6.25. The van der Waals surface area contributed by atoms with E-state index in [1.165, 1.54) is 13.3 Å². The molecule has 0 atom stereocenters. The Balaban J connectivity index is 1.58. The average molecular weight is 371 g/mol. The van der Waals surface area contributed by atoms with Crippen LogP contribution in [0.25, 0.3) is 0 Å². The molecule has 1 amide bonds. The molecule has 27 heavy (non-hydrogen) atoms. The topological polar surface area (TPSA) is 117 Å². The maximum atomic E-state index is 11.1. The van der Waals surface area contributed by atoms with Crippen molar-refractivity contribution in [3.63, 3.8) is 0 Å². The number of nitrogens with two attached hydrogens (primary N) is 1. The number of morpholine rings is 1. The summed E-state index contributed by atoms with van der Waals surface area (Å²) in [6, 6.07) is 7.31. The van der Waals surface area contributed by atoms with Crippen molar-refractivity contribution in [3.8, 4) is 0 Å². The molecule has 1 aromatic heterocycles. The van der Waals surface area contributed by atoms with Crippen LogP contribution in [0.2, 0.25) is 0 Å². The number of amides is 1. The monoisotopic (exact) mass is 371 g/mol. The molecule has 0 spiro atoms. The van der Waals surface area contributed by atoms with Gasteiger partial charge in [-0.1, -0.05) is 0 Å². The lowest BCUT2D eigenvalue weighted by atomic mass is 10.2. The first kappa shape index (κ1) is 18.9. The number of nitrogens with one attached hydrogen (secondary N) is 3. The second-order valence-electron chi connectivity index (χ2n) is 6.25. The number of hydrogen-bond donors (Lipinski definition) is 4. The van der Waals surface area contributed by atoms with Gasteiger partial charge in [0.05, 0.1) is 13.2 Å². The molecule has 0 radical (unpaired) electrons. The summed E-state index contributed by atoms with van der Waals surface area (Å²) in [5, 5.41) is 9.18. The van der Waals surface area contributed by atoms with Crippen molar-refractivity contribution < 1.29 is 9.53 Å². The van der Waals surface area contributed by atoms with Gasteiger partial charge in [-0.3, -0.25) is 9.69 Å². The molecular weight excluding hydrogens is 346 g/mol. The molecule has 1 aliphatic rings. The molecule has 1 aromatic carbocycles. The summed E-state index contributed by atoms with van der Waals surface area (Å²) in [4.78, 5) is 21.9. The molecule has 144 valence electrons. The summed E-state index contributed by atoms with van der Waals surface area (Å²) in [5.41, 5.74) is 8.21. The summed E-state index contributed by atoms with van der Waals surface area (Å²) < 4.78 is 5.35. The van der Waals surface area contributed by atoms with Crippen LogP contribution in [0.15, 0.2) is 30.6 Å². The number of nitrogens with zero attached hydrogens (tertiary/aromatic N) is 3. The predicted octanol–water partition coefficient (Wildman–Crippen LogP) is 1.50. The number of carbonyl (C=O) groups is 1. The van der Waals surface area contributed by atoms with Gasteiger partial charge in [0.15, 0.2) is 11.6 Å². The Bertz CT molecular complexity index is 761. The number of hydrogen-bond acceptors (Lipinski definition) is 8. The first-order valence-electron chi connectivity index (χ1n) is 8.91. The molecule has 9 nitrogen and oxygen atoms in total. The lowest BCUT2D eigenvalue weighted by Crippen LogP contribution is -2.39. The highest BCUT2D eigenvalue weighted by Gasteiger charge is 2.11. The van der Waals surface area contributed by atoms with E-state index >= 15 is 0 Å². The largest absolute Gasteiger partial charge is 0.393 e. The fourth-order valence-electron chi connectivity index (χ4n) is 2.77. The lowest BCUT2D eigenvalue weighted by Gasteiger charge is -2.26. The van der Waals surface area contributed by atoms with Crippen molar-refractivity contribution in [2.75, 3.05) is 61.1 Å². The minimum absolute atomic E-state index is 0.108. The van der Waals surface area contributed by atoms with E-state index in [0.29, 0.717) is 17.3 Å². The van der Waals surface area contributed by atoms with Crippen molar-refractivity contribution in [2.45, 2.75) is 6.92 Å². The van der Waals surface area contributed by atoms with E-state index in [1.807, 2.05) is 24.3 Å². The molecular formula is C18H25N7O2. The van der Waals surface area contributed by atoms with Crippen LogP contribution >= 0.6 is 0 Å². The van der Waals surface area contributed by atoms with Crippen molar-refractivity contribution in [3.05, 3.63) is 30.6 Å². The van der Waals surface area contributed by atoms with Crippen molar-refractivity contribution in [2.24, 2.45) is 0 Å². The van der Waals surface area contributed by atoms with Crippen LogP contribution in [0.3, 0.4) is 0 Å². The van der Waals surface area contributed by atoms with Gasteiger partial charge < -0.3 is 26.4 Å². The number of aromatic nitrogens is 2. The van der Waals surface area contributed by atoms with Gasteiger partial charge in [0, 0.05) is 44.5 Å². The van der Waals surface area contributed by atoms with Gasteiger partial charge in [0.25, 0.3) is 0 Å². The number of benzene rings is 1. The molecule has 9 heteroatoms. The molecule has 1 saturated heterocycles. The summed E-state index contributed by atoms with van der Waals surface area (Å²) in [6.07, 6.45) is 1.47. The van der Waals surface area contributed by atoms with Crippen LogP contribution in [0, 0.1) is 0 Å². The Morgan fingerprint density at radius 1 is 1.15 bits per heavy atom. The fraction of sp³-hybridized carbons (Fsp3) is 0.389. The molecule has 0 aliphatic carbocycles. The van der Waals surface area contributed by atoms with Crippen molar-refractivity contribution in [1.82, 2.24) is 14.9 Å². The van der Waals surface area contributed by atoms with Crippen LogP contribution in [-0.2, 0) is 9.53 Å². The minimum Gasteiger partial charge on any atom is -0.393 e. The highest BCUT2D eigenvalue weighted by atomic mass is 16.5. The quantitative estimate of drug-likeness (QED) is 0.578. The molecule has 2 aromatic rings. The zero-order chi connectivity index (χ0) is 19.1. The summed E-state index contributed by atoms with van der Waals surface area (Å²) in [6.45, 7) is 6.58. The molecule has 0 unspecified atom stereocenters.